The zero-order valence-corrected chi connectivity index (χ0v) is 22.3. The smallest absolute Gasteiger partial charge is 0.264 e. The second-order valence-corrected chi connectivity index (χ2v) is 9.54. The number of allylic oxidation sites excluding steroid dienone is 1. The molecule has 9 nitrogen and oxygen atoms in total. The van der Waals surface area contributed by atoms with Crippen LogP contribution in [0.3, 0.4) is 0 Å². The summed E-state index contributed by atoms with van der Waals surface area (Å²) in [6.07, 6.45) is 2.94. The summed E-state index contributed by atoms with van der Waals surface area (Å²) in [6.45, 7) is 8.56. The number of aliphatic hydroxyl groups is 1. The van der Waals surface area contributed by atoms with Crippen molar-refractivity contribution in [1.82, 2.24) is 19.7 Å². The van der Waals surface area contributed by atoms with E-state index >= 15 is 0 Å². The van der Waals surface area contributed by atoms with E-state index in [2.05, 4.69) is 33.8 Å². The minimum Gasteiger partial charge on any atom is -0.381 e. The highest BCUT2D eigenvalue weighted by Gasteiger charge is 2.25. The van der Waals surface area contributed by atoms with Crippen LogP contribution in [0.15, 0.2) is 77.0 Å². The summed E-state index contributed by atoms with van der Waals surface area (Å²) in [5, 5.41) is 18.3. The third-order valence-corrected chi connectivity index (χ3v) is 5.96. The Labute approximate surface area is 226 Å². The molecule has 4 N–H and O–H groups in total. The number of benzene rings is 2. The molecule has 1 atom stereocenters. The number of hydrogen-bond acceptors (Lipinski definition) is 6. The van der Waals surface area contributed by atoms with E-state index in [0.717, 1.165) is 0 Å². The molecular weight excluding hydrogens is 492 g/mol. The number of para-hydroxylation sites is 1. The number of amides is 1. The van der Waals surface area contributed by atoms with Crippen molar-refractivity contribution in [3.8, 4) is 17.5 Å². The van der Waals surface area contributed by atoms with E-state index in [9.17, 15) is 14.7 Å². The lowest BCUT2D eigenvalue weighted by Crippen LogP contribution is -2.32. The maximum atomic E-state index is 14.0. The Balaban J connectivity index is 1.88. The Morgan fingerprint density at radius 3 is 2.62 bits per heavy atom. The van der Waals surface area contributed by atoms with Crippen molar-refractivity contribution in [2.45, 2.75) is 32.4 Å². The first kappa shape index (κ1) is 27.1. The maximum absolute atomic E-state index is 14.0. The average Bonchev–Trinajstić information content (AvgIpc) is 3.18. The summed E-state index contributed by atoms with van der Waals surface area (Å²) in [4.78, 5) is 31.7. The molecule has 198 valence electrons. The molecule has 0 spiro atoms. The van der Waals surface area contributed by atoms with Crippen LogP contribution in [0.1, 0.15) is 48.4 Å². The molecule has 0 aliphatic carbocycles. The highest BCUT2D eigenvalue weighted by molar-refractivity contribution is 6.03. The topological polar surface area (TPSA) is 128 Å². The van der Waals surface area contributed by atoms with E-state index in [1.807, 2.05) is 42.5 Å². The monoisotopic (exact) mass is 522 g/mol. The number of anilines is 1. The molecule has 0 aliphatic heterocycles. The number of aliphatic imine (C=N–C) groups is 1. The van der Waals surface area contributed by atoms with Gasteiger partial charge in [0.15, 0.2) is 11.6 Å². The van der Waals surface area contributed by atoms with E-state index in [1.54, 1.807) is 44.5 Å². The highest BCUT2D eigenvalue weighted by atomic mass is 16.3. The standard InChI is InChI=1S/C30H30N6O3/c1-6-17-32-27-25(26(31)34-35(27)5)28(37)33-19(2)23-18-21-12-10-11-20(15-16-30(3,4)39)24(21)29(38)36(23)22-13-8-7-9-14-22/h6-14,17-19,39H,1H2,2-5H3,(H2,31,34)(H,33,37)/b32-17-. The van der Waals surface area contributed by atoms with Crippen LogP contribution in [0.5, 0.6) is 0 Å². The van der Waals surface area contributed by atoms with E-state index < -0.39 is 17.6 Å². The third-order valence-electron chi connectivity index (χ3n) is 5.96. The quantitative estimate of drug-likeness (QED) is 0.262. The van der Waals surface area contributed by atoms with Gasteiger partial charge in [0.2, 0.25) is 0 Å². The number of nitrogen functional groups attached to an aromatic ring is 1. The van der Waals surface area contributed by atoms with Crippen LogP contribution in [0.2, 0.25) is 0 Å². The molecule has 1 amide bonds. The molecule has 1 unspecified atom stereocenters. The Kier molecular flexibility index (Phi) is 7.51. The molecule has 0 radical (unpaired) electrons. The lowest BCUT2D eigenvalue weighted by atomic mass is 10.0. The molecule has 2 heterocycles. The van der Waals surface area contributed by atoms with Gasteiger partial charge in [0, 0.05) is 30.2 Å². The number of fused-ring (bicyclic) bond motifs is 1. The van der Waals surface area contributed by atoms with Gasteiger partial charge in [0.05, 0.1) is 11.4 Å². The largest absolute Gasteiger partial charge is 0.381 e. The van der Waals surface area contributed by atoms with Gasteiger partial charge in [-0.15, -0.1) is 0 Å². The fourth-order valence-electron chi connectivity index (χ4n) is 4.24. The Morgan fingerprint density at radius 2 is 1.95 bits per heavy atom. The molecule has 2 aromatic carbocycles. The van der Waals surface area contributed by atoms with Crippen molar-refractivity contribution in [3.63, 3.8) is 0 Å². The molecule has 0 fully saturated rings. The van der Waals surface area contributed by atoms with Crippen LogP contribution in [0.25, 0.3) is 16.5 Å². The van der Waals surface area contributed by atoms with Gasteiger partial charge in [-0.25, -0.2) is 9.67 Å². The van der Waals surface area contributed by atoms with E-state index in [-0.39, 0.29) is 22.8 Å². The summed E-state index contributed by atoms with van der Waals surface area (Å²) in [7, 11) is 1.64. The van der Waals surface area contributed by atoms with Crippen LogP contribution in [0.4, 0.5) is 11.6 Å². The number of nitrogens with zero attached hydrogens (tertiary/aromatic N) is 4. The van der Waals surface area contributed by atoms with Crippen molar-refractivity contribution in [2.75, 3.05) is 5.73 Å². The molecule has 0 bridgehead atoms. The SMILES string of the molecule is C=C/C=N\c1c(C(=O)NC(C)c2cc3cccc(C#CC(C)(C)O)c3c(=O)n2-c2ccccc2)c(N)nn1C. The first-order valence-electron chi connectivity index (χ1n) is 12.3. The number of nitrogens with one attached hydrogen (secondary N) is 1. The van der Waals surface area contributed by atoms with Crippen molar-refractivity contribution in [2.24, 2.45) is 12.0 Å². The molecular formula is C30H30N6O3. The number of aryl methyl sites for hydroxylation is 1. The van der Waals surface area contributed by atoms with Crippen molar-refractivity contribution in [3.05, 3.63) is 94.4 Å². The number of rotatable bonds is 6. The normalized spacial score (nSPS) is 12.2. The maximum Gasteiger partial charge on any atom is 0.264 e. The van der Waals surface area contributed by atoms with Gasteiger partial charge in [0.1, 0.15) is 11.2 Å². The number of hydrogen-bond donors (Lipinski definition) is 3. The molecule has 39 heavy (non-hydrogen) atoms. The number of nitrogens with two attached hydrogens (primary N) is 1. The molecule has 0 saturated heterocycles. The van der Waals surface area contributed by atoms with Crippen molar-refractivity contribution in [1.29, 1.82) is 0 Å². The molecule has 2 aromatic heterocycles. The third kappa shape index (κ3) is 5.66. The summed E-state index contributed by atoms with van der Waals surface area (Å²) in [5.74, 6) is 5.58. The number of pyridine rings is 1. The van der Waals surface area contributed by atoms with Crippen LogP contribution < -0.4 is 16.6 Å². The molecule has 4 aromatic rings. The Hall–Kier alpha value is -4.94. The molecule has 4 rings (SSSR count). The van der Waals surface area contributed by atoms with Crippen molar-refractivity contribution < 1.29 is 9.90 Å². The minimum atomic E-state index is -1.22. The predicted octanol–water partition coefficient (Wildman–Crippen LogP) is 3.81. The number of aromatic nitrogens is 3. The van der Waals surface area contributed by atoms with E-state index in [1.165, 1.54) is 17.0 Å². The first-order chi connectivity index (χ1) is 18.5. The second-order valence-electron chi connectivity index (χ2n) is 9.54. The van der Waals surface area contributed by atoms with Crippen molar-refractivity contribution >= 4 is 34.5 Å². The minimum absolute atomic E-state index is 0.0346. The van der Waals surface area contributed by atoms with Gasteiger partial charge in [-0.1, -0.05) is 54.8 Å². The molecule has 9 heteroatoms. The summed E-state index contributed by atoms with van der Waals surface area (Å²) in [6, 6.07) is 15.8. The highest BCUT2D eigenvalue weighted by Crippen LogP contribution is 2.27. The Bertz CT molecular complexity index is 1710. The summed E-state index contributed by atoms with van der Waals surface area (Å²) >= 11 is 0. The zero-order chi connectivity index (χ0) is 28.3. The van der Waals surface area contributed by atoms with Gasteiger partial charge >= 0.3 is 0 Å². The summed E-state index contributed by atoms with van der Waals surface area (Å²) in [5.41, 5.74) is 6.34. The van der Waals surface area contributed by atoms with E-state index in [0.29, 0.717) is 27.7 Å². The van der Waals surface area contributed by atoms with E-state index in [4.69, 9.17) is 5.73 Å². The lowest BCUT2D eigenvalue weighted by Gasteiger charge is -2.21. The predicted molar refractivity (Wildman–Crippen MR) is 155 cm³/mol. The number of carbonyl (C=O) groups excluding carboxylic acids is 1. The Morgan fingerprint density at radius 1 is 1.23 bits per heavy atom. The van der Waals surface area contributed by atoms with Gasteiger partial charge in [-0.2, -0.15) is 5.10 Å². The summed E-state index contributed by atoms with van der Waals surface area (Å²) < 4.78 is 2.98. The fourth-order valence-corrected chi connectivity index (χ4v) is 4.24. The van der Waals surface area contributed by atoms with Gasteiger partial charge < -0.3 is 16.2 Å². The fraction of sp³-hybridized carbons (Fsp3) is 0.200. The second kappa shape index (κ2) is 10.8. The lowest BCUT2D eigenvalue weighted by molar-refractivity contribution is 0.0940. The van der Waals surface area contributed by atoms with Crippen LogP contribution in [-0.2, 0) is 7.05 Å². The average molecular weight is 523 g/mol. The first-order valence-corrected chi connectivity index (χ1v) is 12.3. The van der Waals surface area contributed by atoms with Gasteiger partial charge in [-0.3, -0.25) is 14.2 Å². The van der Waals surface area contributed by atoms with Crippen LogP contribution in [-0.4, -0.2) is 37.2 Å². The van der Waals surface area contributed by atoms with Crippen LogP contribution >= 0.6 is 0 Å². The molecule has 0 saturated carbocycles. The van der Waals surface area contributed by atoms with Crippen LogP contribution in [0, 0.1) is 11.8 Å². The molecule has 0 aliphatic rings. The zero-order valence-electron chi connectivity index (χ0n) is 22.3. The number of carbonyl (C=O) groups is 1. The van der Waals surface area contributed by atoms with Gasteiger partial charge in [-0.05, 0) is 50.4 Å². The van der Waals surface area contributed by atoms with Gasteiger partial charge in [0.25, 0.3) is 11.5 Å².